The van der Waals surface area contributed by atoms with Gasteiger partial charge in [0.05, 0.1) is 19.3 Å². The van der Waals surface area contributed by atoms with E-state index in [0.29, 0.717) is 5.92 Å². The van der Waals surface area contributed by atoms with E-state index in [-0.39, 0.29) is 6.10 Å². The highest BCUT2D eigenvalue weighted by Gasteiger charge is 2.22. The highest BCUT2D eigenvalue weighted by Crippen LogP contribution is 2.32. The molecule has 0 bridgehead atoms. The summed E-state index contributed by atoms with van der Waals surface area (Å²) in [5.74, 6) is 1.65. The van der Waals surface area contributed by atoms with E-state index < -0.39 is 0 Å². The number of nitrogens with one attached hydrogen (secondary N) is 1. The largest absolute Gasteiger partial charge is 0.493 e. The third-order valence-electron chi connectivity index (χ3n) is 4.39. The lowest BCUT2D eigenvalue weighted by Crippen LogP contribution is -2.34. The smallest absolute Gasteiger partial charge is 0.125 e. The molecule has 0 radical (unpaired) electrons. The van der Waals surface area contributed by atoms with Gasteiger partial charge in [0, 0.05) is 18.7 Å². The van der Waals surface area contributed by atoms with Crippen LogP contribution in [0.3, 0.4) is 0 Å². The number of rotatable bonds is 4. The molecule has 3 nitrogen and oxygen atoms in total. The summed E-state index contributed by atoms with van der Waals surface area (Å²) in [7, 11) is 0. The van der Waals surface area contributed by atoms with Crippen LogP contribution in [0.15, 0.2) is 30.4 Å². The van der Waals surface area contributed by atoms with Gasteiger partial charge in [-0.25, -0.2) is 0 Å². The van der Waals surface area contributed by atoms with Crippen molar-refractivity contribution >= 4 is 0 Å². The van der Waals surface area contributed by atoms with Crippen molar-refractivity contribution in [3.8, 4) is 5.75 Å². The molecule has 1 aliphatic carbocycles. The fourth-order valence-corrected chi connectivity index (χ4v) is 3.16. The summed E-state index contributed by atoms with van der Waals surface area (Å²) in [6.45, 7) is 5.52. The van der Waals surface area contributed by atoms with Gasteiger partial charge in [-0.2, -0.15) is 0 Å². The van der Waals surface area contributed by atoms with Crippen LogP contribution in [0, 0.1) is 12.8 Å². The van der Waals surface area contributed by atoms with E-state index in [9.17, 15) is 0 Å². The molecule has 3 rings (SSSR count). The third-order valence-corrected chi connectivity index (χ3v) is 4.39. The predicted molar refractivity (Wildman–Crippen MR) is 84.7 cm³/mol. The molecular weight excluding hydrogens is 262 g/mol. The molecule has 1 heterocycles. The van der Waals surface area contributed by atoms with E-state index in [4.69, 9.17) is 9.47 Å². The Kier molecular flexibility index (Phi) is 4.94. The summed E-state index contributed by atoms with van der Waals surface area (Å²) >= 11 is 0. The lowest BCUT2D eigenvalue weighted by atomic mass is 9.95. The second kappa shape index (κ2) is 7.10. The molecule has 1 aliphatic heterocycles. The Morgan fingerprint density at radius 2 is 2.29 bits per heavy atom. The fourth-order valence-electron chi connectivity index (χ4n) is 3.16. The molecule has 1 saturated heterocycles. The standard InChI is InChI=1S/C18H25NO2/c1-14-6-5-9-16(18(14)17-12-19-10-11-20-17)21-13-15-7-3-2-4-8-15/h2-3,5-6,9,15,17,19H,4,7-8,10-13H2,1H3. The van der Waals surface area contributed by atoms with Crippen molar-refractivity contribution in [2.24, 2.45) is 5.92 Å². The molecule has 114 valence electrons. The van der Waals surface area contributed by atoms with Gasteiger partial charge in [0.2, 0.25) is 0 Å². The lowest BCUT2D eigenvalue weighted by molar-refractivity contribution is 0.0252. The van der Waals surface area contributed by atoms with Crippen LogP contribution < -0.4 is 10.1 Å². The summed E-state index contributed by atoms with van der Waals surface area (Å²) in [6, 6.07) is 6.30. The zero-order valence-electron chi connectivity index (χ0n) is 12.8. The number of ether oxygens (including phenoxy) is 2. The van der Waals surface area contributed by atoms with Gasteiger partial charge in [-0.05, 0) is 43.7 Å². The molecule has 2 aliphatic rings. The minimum atomic E-state index is 0.112. The predicted octanol–water partition coefficient (Wildman–Crippen LogP) is 3.39. The van der Waals surface area contributed by atoms with Crippen molar-refractivity contribution < 1.29 is 9.47 Å². The zero-order chi connectivity index (χ0) is 14.5. The van der Waals surface area contributed by atoms with Crippen LogP contribution in [0.4, 0.5) is 0 Å². The lowest BCUT2D eigenvalue weighted by Gasteiger charge is -2.28. The first kappa shape index (κ1) is 14.6. The molecule has 0 amide bonds. The highest BCUT2D eigenvalue weighted by atomic mass is 16.5. The molecule has 0 spiro atoms. The fraction of sp³-hybridized carbons (Fsp3) is 0.556. The van der Waals surface area contributed by atoms with Gasteiger partial charge in [-0.1, -0.05) is 24.3 Å². The summed E-state index contributed by atoms with van der Waals surface area (Å²) in [4.78, 5) is 0. The van der Waals surface area contributed by atoms with Crippen molar-refractivity contribution in [3.63, 3.8) is 0 Å². The van der Waals surface area contributed by atoms with Crippen LogP contribution in [0.25, 0.3) is 0 Å². The normalized spacial score (nSPS) is 25.8. The molecule has 1 N–H and O–H groups in total. The second-order valence-electron chi connectivity index (χ2n) is 6.01. The average Bonchev–Trinajstić information content (AvgIpc) is 2.55. The van der Waals surface area contributed by atoms with Gasteiger partial charge in [-0.3, -0.25) is 0 Å². The van der Waals surface area contributed by atoms with Crippen molar-refractivity contribution in [3.05, 3.63) is 41.5 Å². The van der Waals surface area contributed by atoms with Crippen LogP contribution in [-0.4, -0.2) is 26.3 Å². The van der Waals surface area contributed by atoms with Crippen LogP contribution >= 0.6 is 0 Å². The molecule has 2 unspecified atom stereocenters. The molecule has 1 aromatic carbocycles. The van der Waals surface area contributed by atoms with Crippen LogP contribution in [-0.2, 0) is 4.74 Å². The molecule has 0 aromatic heterocycles. The van der Waals surface area contributed by atoms with E-state index in [2.05, 4.69) is 42.6 Å². The van der Waals surface area contributed by atoms with Crippen molar-refractivity contribution in [2.45, 2.75) is 32.3 Å². The van der Waals surface area contributed by atoms with Crippen molar-refractivity contribution in [1.82, 2.24) is 5.32 Å². The molecular formula is C18H25NO2. The Hall–Kier alpha value is -1.32. The highest BCUT2D eigenvalue weighted by molar-refractivity contribution is 5.41. The van der Waals surface area contributed by atoms with Gasteiger partial charge in [0.25, 0.3) is 0 Å². The van der Waals surface area contributed by atoms with E-state index >= 15 is 0 Å². The van der Waals surface area contributed by atoms with E-state index in [0.717, 1.165) is 38.5 Å². The second-order valence-corrected chi connectivity index (χ2v) is 6.01. The van der Waals surface area contributed by atoms with Crippen LogP contribution in [0.1, 0.15) is 36.5 Å². The molecule has 2 atom stereocenters. The monoisotopic (exact) mass is 287 g/mol. The van der Waals surface area contributed by atoms with E-state index in [1.807, 2.05) is 0 Å². The van der Waals surface area contributed by atoms with Gasteiger partial charge < -0.3 is 14.8 Å². The number of hydrogen-bond acceptors (Lipinski definition) is 3. The summed E-state index contributed by atoms with van der Waals surface area (Å²) < 4.78 is 12.1. The van der Waals surface area contributed by atoms with Gasteiger partial charge in [0.15, 0.2) is 0 Å². The third kappa shape index (κ3) is 3.66. The number of benzene rings is 1. The van der Waals surface area contributed by atoms with E-state index in [1.165, 1.54) is 24.0 Å². The molecule has 21 heavy (non-hydrogen) atoms. The quantitative estimate of drug-likeness (QED) is 0.861. The first-order chi connectivity index (χ1) is 10.3. The summed E-state index contributed by atoms with van der Waals surface area (Å²) in [6.07, 6.45) is 8.23. The summed E-state index contributed by atoms with van der Waals surface area (Å²) in [5, 5.41) is 3.40. The zero-order valence-corrected chi connectivity index (χ0v) is 12.8. The van der Waals surface area contributed by atoms with Gasteiger partial charge in [0.1, 0.15) is 5.75 Å². The minimum absolute atomic E-state index is 0.112. The molecule has 0 saturated carbocycles. The first-order valence-electron chi connectivity index (χ1n) is 8.04. The Bertz CT molecular complexity index is 492. The molecule has 1 fully saturated rings. The van der Waals surface area contributed by atoms with Crippen molar-refractivity contribution in [1.29, 1.82) is 0 Å². The molecule has 1 aromatic rings. The van der Waals surface area contributed by atoms with Crippen LogP contribution in [0.5, 0.6) is 5.75 Å². The van der Waals surface area contributed by atoms with Crippen LogP contribution in [0.2, 0.25) is 0 Å². The maximum Gasteiger partial charge on any atom is 0.125 e. The Labute approximate surface area is 127 Å². The Morgan fingerprint density at radius 3 is 3.05 bits per heavy atom. The van der Waals surface area contributed by atoms with Crippen molar-refractivity contribution in [2.75, 3.05) is 26.3 Å². The number of morpholine rings is 1. The first-order valence-corrected chi connectivity index (χ1v) is 8.04. The van der Waals surface area contributed by atoms with E-state index in [1.54, 1.807) is 0 Å². The Morgan fingerprint density at radius 1 is 1.33 bits per heavy atom. The average molecular weight is 287 g/mol. The summed E-state index contributed by atoms with van der Waals surface area (Å²) in [5.41, 5.74) is 2.47. The number of hydrogen-bond donors (Lipinski definition) is 1. The maximum absolute atomic E-state index is 6.17. The number of aryl methyl sites for hydroxylation is 1. The van der Waals surface area contributed by atoms with Gasteiger partial charge in [-0.15, -0.1) is 0 Å². The SMILES string of the molecule is Cc1cccc(OCC2CC=CCC2)c1C1CNCCO1. The number of allylic oxidation sites excluding steroid dienone is 2. The van der Waals surface area contributed by atoms with Gasteiger partial charge >= 0.3 is 0 Å². The minimum Gasteiger partial charge on any atom is -0.493 e. The Balaban J connectivity index is 1.71. The maximum atomic E-state index is 6.17. The molecule has 3 heteroatoms. The topological polar surface area (TPSA) is 30.5 Å².